The summed E-state index contributed by atoms with van der Waals surface area (Å²) < 4.78 is 11.8. The van der Waals surface area contributed by atoms with E-state index in [0.717, 1.165) is 5.56 Å². The van der Waals surface area contributed by atoms with E-state index in [4.69, 9.17) is 9.15 Å². The van der Waals surface area contributed by atoms with Crippen LogP contribution in [0.1, 0.15) is 40.2 Å². The van der Waals surface area contributed by atoms with Gasteiger partial charge in [0.05, 0.1) is 5.39 Å². The van der Waals surface area contributed by atoms with Crippen LogP contribution in [0.25, 0.3) is 22.3 Å². The molecule has 0 aliphatic heterocycles. The number of ether oxygens (including phenoxy) is 1. The molecule has 158 valence electrons. The Kier molecular flexibility index (Phi) is 6.30. The Hall–Kier alpha value is -3.08. The highest BCUT2D eigenvalue weighted by atomic mass is 16.5. The molecule has 1 amide bonds. The van der Waals surface area contributed by atoms with E-state index in [1.807, 2.05) is 44.2 Å². The Labute approximate surface area is 177 Å². The lowest BCUT2D eigenvalue weighted by molar-refractivity contribution is -0.123. The number of carbonyl (C=O) groups is 1. The van der Waals surface area contributed by atoms with Crippen molar-refractivity contribution in [2.24, 2.45) is 5.92 Å². The molecule has 0 radical (unpaired) electrons. The first-order valence-corrected chi connectivity index (χ1v) is 10.2. The predicted molar refractivity (Wildman–Crippen MR) is 120 cm³/mol. The number of para-hydroxylation sites is 1. The van der Waals surface area contributed by atoms with Crippen molar-refractivity contribution in [1.82, 2.24) is 5.32 Å². The number of amides is 1. The quantitative estimate of drug-likeness (QED) is 0.630. The van der Waals surface area contributed by atoms with Gasteiger partial charge in [-0.15, -0.1) is 0 Å². The molecule has 1 aromatic heterocycles. The standard InChI is InChI=1S/C25H29NO4/c1-16(2)14-26-21(27)15-29-24-22(28)19-8-6-7-9-20(19)30-23(24)17-10-12-18(13-11-17)25(3,4)5/h6-13,16H,14-15H2,1-5H3,(H,26,27). The van der Waals surface area contributed by atoms with Crippen molar-refractivity contribution >= 4 is 16.9 Å². The Balaban J connectivity index is 2.01. The van der Waals surface area contributed by atoms with E-state index in [-0.39, 0.29) is 29.1 Å². The molecule has 0 bridgehead atoms. The number of hydrogen-bond donors (Lipinski definition) is 1. The van der Waals surface area contributed by atoms with Crippen LogP contribution in [0.5, 0.6) is 5.75 Å². The zero-order valence-corrected chi connectivity index (χ0v) is 18.2. The van der Waals surface area contributed by atoms with E-state index in [1.54, 1.807) is 18.2 Å². The number of rotatable bonds is 6. The minimum absolute atomic E-state index is 0.0105. The van der Waals surface area contributed by atoms with Crippen molar-refractivity contribution in [3.05, 3.63) is 64.3 Å². The third kappa shape index (κ3) is 4.90. The van der Waals surface area contributed by atoms with E-state index in [0.29, 0.717) is 29.2 Å². The van der Waals surface area contributed by atoms with Crippen molar-refractivity contribution in [1.29, 1.82) is 0 Å². The minimum atomic E-state index is -0.289. The molecule has 0 spiro atoms. The number of carbonyl (C=O) groups excluding carboxylic acids is 1. The Morgan fingerprint density at radius 2 is 1.73 bits per heavy atom. The highest BCUT2D eigenvalue weighted by molar-refractivity contribution is 5.83. The molecule has 3 rings (SSSR count). The van der Waals surface area contributed by atoms with Crippen molar-refractivity contribution in [3.8, 4) is 17.1 Å². The summed E-state index contributed by atoms with van der Waals surface area (Å²) in [5.74, 6) is 0.439. The molecular weight excluding hydrogens is 378 g/mol. The summed E-state index contributed by atoms with van der Waals surface area (Å²) in [4.78, 5) is 25.2. The Morgan fingerprint density at radius 3 is 2.37 bits per heavy atom. The van der Waals surface area contributed by atoms with E-state index >= 15 is 0 Å². The second-order valence-electron chi connectivity index (χ2n) is 8.90. The van der Waals surface area contributed by atoms with Gasteiger partial charge in [0.15, 0.2) is 12.4 Å². The summed E-state index contributed by atoms with van der Waals surface area (Å²) in [7, 11) is 0. The summed E-state index contributed by atoms with van der Waals surface area (Å²) in [6.45, 7) is 10.8. The molecule has 1 N–H and O–H groups in total. The predicted octanol–water partition coefficient (Wildman–Crippen LogP) is 4.91. The van der Waals surface area contributed by atoms with Crippen LogP contribution in [0.2, 0.25) is 0 Å². The third-order valence-corrected chi connectivity index (χ3v) is 4.82. The molecule has 0 unspecified atom stereocenters. The van der Waals surface area contributed by atoms with Gasteiger partial charge in [-0.05, 0) is 29.0 Å². The average Bonchev–Trinajstić information content (AvgIpc) is 2.71. The molecule has 2 aromatic carbocycles. The van der Waals surface area contributed by atoms with Gasteiger partial charge in [0.25, 0.3) is 5.91 Å². The van der Waals surface area contributed by atoms with E-state index in [1.165, 1.54) is 5.56 Å². The van der Waals surface area contributed by atoms with Crippen LogP contribution >= 0.6 is 0 Å². The molecule has 0 atom stereocenters. The second kappa shape index (κ2) is 8.74. The van der Waals surface area contributed by atoms with Crippen molar-refractivity contribution < 1.29 is 13.9 Å². The van der Waals surface area contributed by atoms with E-state index < -0.39 is 0 Å². The molecule has 5 nitrogen and oxygen atoms in total. The number of nitrogens with one attached hydrogen (secondary N) is 1. The minimum Gasteiger partial charge on any atom is -0.476 e. The lowest BCUT2D eigenvalue weighted by Gasteiger charge is -2.19. The van der Waals surface area contributed by atoms with Crippen LogP contribution in [0, 0.1) is 5.92 Å². The number of hydrogen-bond acceptors (Lipinski definition) is 4. The fourth-order valence-electron chi connectivity index (χ4n) is 3.07. The summed E-state index contributed by atoms with van der Waals surface area (Å²) in [6.07, 6.45) is 0. The van der Waals surface area contributed by atoms with E-state index in [9.17, 15) is 9.59 Å². The first-order valence-electron chi connectivity index (χ1n) is 10.2. The highest BCUT2D eigenvalue weighted by Crippen LogP contribution is 2.32. The van der Waals surface area contributed by atoms with Crippen molar-refractivity contribution in [2.45, 2.75) is 40.0 Å². The Bertz CT molecular complexity index is 1090. The molecule has 30 heavy (non-hydrogen) atoms. The van der Waals surface area contributed by atoms with Gasteiger partial charge in [-0.2, -0.15) is 0 Å². The van der Waals surface area contributed by atoms with Crippen LogP contribution in [0.4, 0.5) is 0 Å². The summed E-state index contributed by atoms with van der Waals surface area (Å²) in [5.41, 5.74) is 2.10. The average molecular weight is 408 g/mol. The number of fused-ring (bicyclic) bond motifs is 1. The van der Waals surface area contributed by atoms with Gasteiger partial charge in [0.1, 0.15) is 5.58 Å². The lowest BCUT2D eigenvalue weighted by atomic mass is 9.86. The largest absolute Gasteiger partial charge is 0.476 e. The first kappa shape index (κ1) is 21.6. The molecule has 1 heterocycles. The topological polar surface area (TPSA) is 68.5 Å². The lowest BCUT2D eigenvalue weighted by Crippen LogP contribution is -2.32. The van der Waals surface area contributed by atoms with Crippen LogP contribution in [0.15, 0.2) is 57.7 Å². The molecule has 0 saturated carbocycles. The number of benzene rings is 2. The highest BCUT2D eigenvalue weighted by Gasteiger charge is 2.20. The van der Waals surface area contributed by atoms with Crippen molar-refractivity contribution in [2.75, 3.05) is 13.2 Å². The van der Waals surface area contributed by atoms with Crippen LogP contribution in [-0.2, 0) is 10.2 Å². The second-order valence-corrected chi connectivity index (χ2v) is 8.90. The van der Waals surface area contributed by atoms with Crippen LogP contribution < -0.4 is 15.5 Å². The molecule has 0 saturated heterocycles. The molecule has 3 aromatic rings. The maximum absolute atomic E-state index is 13.1. The summed E-state index contributed by atoms with van der Waals surface area (Å²) in [5, 5.41) is 3.22. The molecule has 0 aliphatic rings. The van der Waals surface area contributed by atoms with Gasteiger partial charge in [-0.1, -0.05) is 71.0 Å². The van der Waals surface area contributed by atoms with Gasteiger partial charge in [0, 0.05) is 12.1 Å². The maximum Gasteiger partial charge on any atom is 0.257 e. The molecule has 0 fully saturated rings. The molecular formula is C25H29NO4. The first-order chi connectivity index (χ1) is 14.2. The molecule has 5 heteroatoms. The van der Waals surface area contributed by atoms with Gasteiger partial charge < -0.3 is 14.5 Å². The van der Waals surface area contributed by atoms with Gasteiger partial charge in [-0.25, -0.2) is 0 Å². The monoisotopic (exact) mass is 407 g/mol. The fraction of sp³-hybridized carbons (Fsp3) is 0.360. The third-order valence-electron chi connectivity index (χ3n) is 4.82. The van der Waals surface area contributed by atoms with Crippen molar-refractivity contribution in [3.63, 3.8) is 0 Å². The van der Waals surface area contributed by atoms with Gasteiger partial charge >= 0.3 is 0 Å². The zero-order valence-electron chi connectivity index (χ0n) is 18.2. The van der Waals surface area contributed by atoms with Crippen LogP contribution in [0.3, 0.4) is 0 Å². The van der Waals surface area contributed by atoms with Gasteiger partial charge in [-0.3, -0.25) is 9.59 Å². The fourth-order valence-corrected chi connectivity index (χ4v) is 3.07. The summed E-state index contributed by atoms with van der Waals surface area (Å²) in [6, 6.07) is 14.9. The van der Waals surface area contributed by atoms with Gasteiger partial charge in [0.2, 0.25) is 11.2 Å². The SMILES string of the molecule is CC(C)CNC(=O)COc1c(-c2ccc(C(C)(C)C)cc2)oc2ccccc2c1=O. The smallest absolute Gasteiger partial charge is 0.257 e. The zero-order chi connectivity index (χ0) is 21.9. The molecule has 0 aliphatic carbocycles. The normalized spacial score (nSPS) is 11.7. The Morgan fingerprint density at radius 1 is 1.07 bits per heavy atom. The maximum atomic E-state index is 13.1. The summed E-state index contributed by atoms with van der Waals surface area (Å²) >= 11 is 0. The van der Waals surface area contributed by atoms with E-state index in [2.05, 4.69) is 26.1 Å². The van der Waals surface area contributed by atoms with Crippen LogP contribution in [-0.4, -0.2) is 19.1 Å².